The minimum absolute atomic E-state index is 0.00814. The van der Waals surface area contributed by atoms with Crippen molar-refractivity contribution in [3.8, 4) is 0 Å². The summed E-state index contributed by atoms with van der Waals surface area (Å²) in [5, 5.41) is 3.25. The Morgan fingerprint density at radius 3 is 2.50 bits per heavy atom. The number of hydrogen-bond donors (Lipinski definition) is 1. The van der Waals surface area contributed by atoms with Crippen molar-refractivity contribution in [1.82, 2.24) is 19.8 Å². The van der Waals surface area contributed by atoms with Crippen LogP contribution in [0.1, 0.15) is 84.8 Å². The second-order valence-electron chi connectivity index (χ2n) is 9.72. The average molecular weight is 467 g/mol. The molecule has 2 amide bonds. The van der Waals surface area contributed by atoms with E-state index < -0.39 is 11.5 Å². The number of carbonyl (C=O) groups excluding carboxylic acids is 3. The summed E-state index contributed by atoms with van der Waals surface area (Å²) in [5.41, 5.74) is 0.116. The summed E-state index contributed by atoms with van der Waals surface area (Å²) in [7, 11) is 1.26. The third-order valence-corrected chi connectivity index (χ3v) is 7.24. The first-order valence-corrected chi connectivity index (χ1v) is 12.2. The predicted octanol–water partition coefficient (Wildman–Crippen LogP) is 3.53. The van der Waals surface area contributed by atoms with Crippen molar-refractivity contribution >= 4 is 17.8 Å². The Bertz CT molecular complexity index is 1040. The van der Waals surface area contributed by atoms with Gasteiger partial charge in [0.2, 0.25) is 5.91 Å². The standard InChI is InChI=1S/C26H34N4O4/c1-18(19-11-7-6-8-12-19)15-30-23(31)22-21(24(32)34-3)27-17-29(22)16-26(30,2)25(33)28-20-13-9-4-5-10-14-20/h6-8,11-12,17-18,20H,4-5,9-10,13-16H2,1-3H3,(H,28,33)/t18-,26-/m0/s1. The molecule has 1 aromatic heterocycles. The number of esters is 1. The second-order valence-corrected chi connectivity index (χ2v) is 9.72. The number of aromatic nitrogens is 2. The number of benzene rings is 1. The summed E-state index contributed by atoms with van der Waals surface area (Å²) in [6.45, 7) is 4.41. The number of hydrogen-bond acceptors (Lipinski definition) is 5. The molecule has 2 aliphatic rings. The molecule has 8 heteroatoms. The molecule has 34 heavy (non-hydrogen) atoms. The van der Waals surface area contributed by atoms with Crippen LogP contribution in [0.15, 0.2) is 36.7 Å². The van der Waals surface area contributed by atoms with Crippen LogP contribution in [0.2, 0.25) is 0 Å². The zero-order valence-corrected chi connectivity index (χ0v) is 20.3. The van der Waals surface area contributed by atoms with Gasteiger partial charge in [-0.3, -0.25) is 9.59 Å². The van der Waals surface area contributed by atoms with Gasteiger partial charge in [0.15, 0.2) is 5.69 Å². The normalized spacial score (nSPS) is 22.0. The first kappa shape index (κ1) is 24.0. The summed E-state index contributed by atoms with van der Waals surface area (Å²) < 4.78 is 6.46. The van der Waals surface area contributed by atoms with E-state index in [0.29, 0.717) is 6.54 Å². The molecule has 4 rings (SSSR count). The third kappa shape index (κ3) is 4.58. The van der Waals surface area contributed by atoms with E-state index in [4.69, 9.17) is 4.74 Å². The molecule has 0 bridgehead atoms. The Labute approximate surface area is 200 Å². The van der Waals surface area contributed by atoms with Gasteiger partial charge in [-0.25, -0.2) is 9.78 Å². The van der Waals surface area contributed by atoms with Gasteiger partial charge in [0, 0.05) is 12.6 Å². The summed E-state index contributed by atoms with van der Waals surface area (Å²) in [5.74, 6) is -1.21. The van der Waals surface area contributed by atoms with Crippen molar-refractivity contribution < 1.29 is 19.1 Å². The number of amides is 2. The van der Waals surface area contributed by atoms with Gasteiger partial charge >= 0.3 is 5.97 Å². The van der Waals surface area contributed by atoms with E-state index in [9.17, 15) is 14.4 Å². The molecule has 1 aliphatic carbocycles. The smallest absolute Gasteiger partial charge is 0.359 e. The molecule has 8 nitrogen and oxygen atoms in total. The van der Waals surface area contributed by atoms with Crippen molar-refractivity contribution in [1.29, 1.82) is 0 Å². The van der Waals surface area contributed by atoms with E-state index in [1.807, 2.05) is 44.2 Å². The molecule has 0 saturated heterocycles. The highest BCUT2D eigenvalue weighted by Crippen LogP contribution is 2.32. The Kier molecular flexibility index (Phi) is 7.05. The number of fused-ring (bicyclic) bond motifs is 1. The average Bonchev–Trinajstić information content (AvgIpc) is 3.09. The second kappa shape index (κ2) is 9.99. The molecule has 1 aromatic carbocycles. The fourth-order valence-electron chi connectivity index (χ4n) is 5.15. The maximum absolute atomic E-state index is 13.8. The summed E-state index contributed by atoms with van der Waals surface area (Å²) in [6, 6.07) is 10.0. The quantitative estimate of drug-likeness (QED) is 0.519. The minimum atomic E-state index is -1.12. The molecule has 0 unspecified atom stereocenters. The highest BCUT2D eigenvalue weighted by molar-refractivity contribution is 6.06. The lowest BCUT2D eigenvalue weighted by atomic mass is 9.90. The molecule has 1 saturated carbocycles. The minimum Gasteiger partial charge on any atom is -0.464 e. The van der Waals surface area contributed by atoms with Gasteiger partial charge in [0.05, 0.1) is 20.0 Å². The fourth-order valence-corrected chi connectivity index (χ4v) is 5.15. The molecule has 2 aromatic rings. The lowest BCUT2D eigenvalue weighted by Gasteiger charge is -2.45. The molecular formula is C26H34N4O4. The lowest BCUT2D eigenvalue weighted by molar-refractivity contribution is -0.133. The van der Waals surface area contributed by atoms with E-state index >= 15 is 0 Å². The molecule has 2 atom stereocenters. The number of rotatable bonds is 6. The summed E-state index contributed by atoms with van der Waals surface area (Å²) in [4.78, 5) is 45.6. The van der Waals surface area contributed by atoms with Crippen molar-refractivity contribution in [3.05, 3.63) is 53.6 Å². The number of carbonyl (C=O) groups is 3. The maximum atomic E-state index is 13.8. The largest absolute Gasteiger partial charge is 0.464 e. The number of methoxy groups -OCH3 is 1. The van der Waals surface area contributed by atoms with Crippen LogP contribution in [0.25, 0.3) is 0 Å². The van der Waals surface area contributed by atoms with E-state index in [1.165, 1.54) is 26.3 Å². The van der Waals surface area contributed by atoms with Gasteiger partial charge in [0.25, 0.3) is 5.91 Å². The van der Waals surface area contributed by atoms with Crippen LogP contribution < -0.4 is 5.32 Å². The van der Waals surface area contributed by atoms with Gasteiger partial charge in [-0.05, 0) is 31.2 Å². The van der Waals surface area contributed by atoms with Gasteiger partial charge in [-0.2, -0.15) is 0 Å². The van der Waals surface area contributed by atoms with E-state index in [1.54, 1.807) is 9.47 Å². The van der Waals surface area contributed by atoms with Crippen LogP contribution in [0, 0.1) is 0 Å². The van der Waals surface area contributed by atoms with Gasteiger partial charge in [-0.15, -0.1) is 0 Å². The molecule has 2 heterocycles. The highest BCUT2D eigenvalue weighted by Gasteiger charge is 2.49. The molecule has 1 aliphatic heterocycles. The Balaban J connectivity index is 1.68. The van der Waals surface area contributed by atoms with Crippen LogP contribution in [-0.4, -0.2) is 57.5 Å². The molecule has 0 spiro atoms. The Hall–Kier alpha value is -3.16. The van der Waals surface area contributed by atoms with Gasteiger partial charge < -0.3 is 19.5 Å². The number of nitrogens with zero attached hydrogens (tertiary/aromatic N) is 3. The van der Waals surface area contributed by atoms with Crippen LogP contribution in [0.4, 0.5) is 0 Å². The molecule has 1 N–H and O–H groups in total. The Morgan fingerprint density at radius 1 is 1.18 bits per heavy atom. The van der Waals surface area contributed by atoms with E-state index in [0.717, 1.165) is 31.2 Å². The monoisotopic (exact) mass is 466 g/mol. The first-order chi connectivity index (χ1) is 16.3. The van der Waals surface area contributed by atoms with Crippen LogP contribution in [0.5, 0.6) is 0 Å². The number of ether oxygens (including phenoxy) is 1. The van der Waals surface area contributed by atoms with Gasteiger partial charge in [-0.1, -0.05) is 62.9 Å². The maximum Gasteiger partial charge on any atom is 0.359 e. The van der Waals surface area contributed by atoms with Crippen LogP contribution in [-0.2, 0) is 16.1 Å². The van der Waals surface area contributed by atoms with Crippen molar-refractivity contribution in [2.75, 3.05) is 13.7 Å². The molecule has 0 radical (unpaired) electrons. The van der Waals surface area contributed by atoms with Crippen LogP contribution in [0.3, 0.4) is 0 Å². The SMILES string of the molecule is COC(=O)c1ncn2c1C(=O)N(C[C@H](C)c1ccccc1)[C@](C)(C(=O)NC1CCCCCC1)C2. The molecule has 1 fully saturated rings. The van der Waals surface area contributed by atoms with Gasteiger partial charge in [0.1, 0.15) is 11.2 Å². The summed E-state index contributed by atoms with van der Waals surface area (Å²) >= 11 is 0. The fraction of sp³-hybridized carbons (Fsp3) is 0.538. The number of nitrogens with one attached hydrogen (secondary N) is 1. The number of imidazole rings is 1. The highest BCUT2D eigenvalue weighted by atomic mass is 16.5. The van der Waals surface area contributed by atoms with Crippen molar-refractivity contribution in [3.63, 3.8) is 0 Å². The zero-order valence-electron chi connectivity index (χ0n) is 20.3. The lowest BCUT2D eigenvalue weighted by Crippen LogP contribution is -2.65. The first-order valence-electron chi connectivity index (χ1n) is 12.2. The van der Waals surface area contributed by atoms with Crippen molar-refractivity contribution in [2.45, 2.75) is 76.4 Å². The third-order valence-electron chi connectivity index (χ3n) is 7.24. The van der Waals surface area contributed by atoms with Crippen molar-refractivity contribution in [2.24, 2.45) is 0 Å². The van der Waals surface area contributed by atoms with E-state index in [2.05, 4.69) is 10.3 Å². The molecule has 182 valence electrons. The van der Waals surface area contributed by atoms with E-state index in [-0.39, 0.29) is 41.7 Å². The summed E-state index contributed by atoms with van der Waals surface area (Å²) in [6.07, 6.45) is 7.95. The molecular weight excluding hydrogens is 432 g/mol. The van der Waals surface area contributed by atoms with Crippen LogP contribution >= 0.6 is 0 Å². The Morgan fingerprint density at radius 2 is 1.85 bits per heavy atom. The zero-order chi connectivity index (χ0) is 24.3. The topological polar surface area (TPSA) is 93.5 Å². The predicted molar refractivity (Wildman–Crippen MR) is 127 cm³/mol.